The lowest BCUT2D eigenvalue weighted by atomic mass is 9.82. The second kappa shape index (κ2) is 9.63. The molecular formula is C32H26N2O4. The van der Waals surface area contributed by atoms with Crippen LogP contribution in [0.5, 0.6) is 11.5 Å². The number of nitrogens with zero attached hydrogens (tertiary/aromatic N) is 1. The molecule has 1 aliphatic heterocycles. The maximum absolute atomic E-state index is 13.1. The fraction of sp³-hybridized carbons (Fsp3) is 0.156. The minimum absolute atomic E-state index is 0.188. The van der Waals surface area contributed by atoms with Gasteiger partial charge >= 0.3 is 0 Å². The van der Waals surface area contributed by atoms with Gasteiger partial charge in [-0.05, 0) is 73.7 Å². The van der Waals surface area contributed by atoms with Crippen molar-refractivity contribution in [1.29, 1.82) is 0 Å². The molecule has 1 saturated heterocycles. The predicted octanol–water partition coefficient (Wildman–Crippen LogP) is 6.73. The van der Waals surface area contributed by atoms with Crippen molar-refractivity contribution < 1.29 is 19.1 Å². The van der Waals surface area contributed by atoms with Crippen molar-refractivity contribution in [2.75, 3.05) is 10.2 Å². The second-order valence-electron chi connectivity index (χ2n) is 9.82. The zero-order valence-electron chi connectivity index (χ0n) is 20.9. The molecule has 0 bridgehead atoms. The van der Waals surface area contributed by atoms with Crippen LogP contribution in [0.25, 0.3) is 10.8 Å². The zero-order valence-corrected chi connectivity index (χ0v) is 20.9. The molecule has 6 heteroatoms. The number of carbonyl (C=O) groups is 3. The second-order valence-corrected chi connectivity index (χ2v) is 9.82. The molecule has 38 heavy (non-hydrogen) atoms. The molecular weight excluding hydrogens is 476 g/mol. The van der Waals surface area contributed by atoms with Gasteiger partial charge in [-0.2, -0.15) is 0 Å². The van der Waals surface area contributed by atoms with Gasteiger partial charge in [0.2, 0.25) is 11.8 Å². The lowest BCUT2D eigenvalue weighted by molar-refractivity contribution is -0.122. The molecule has 0 unspecified atom stereocenters. The van der Waals surface area contributed by atoms with Crippen molar-refractivity contribution in [3.63, 3.8) is 0 Å². The van der Waals surface area contributed by atoms with Gasteiger partial charge in [-0.3, -0.25) is 19.3 Å². The number of benzene rings is 4. The van der Waals surface area contributed by atoms with Crippen molar-refractivity contribution in [3.05, 3.63) is 108 Å². The monoisotopic (exact) mass is 502 g/mol. The van der Waals surface area contributed by atoms with Crippen molar-refractivity contribution in [1.82, 2.24) is 0 Å². The third-order valence-corrected chi connectivity index (χ3v) is 7.28. The lowest BCUT2D eigenvalue weighted by Gasteiger charge is -2.18. The first-order chi connectivity index (χ1) is 18.5. The summed E-state index contributed by atoms with van der Waals surface area (Å²) in [7, 11) is 0. The standard InChI is InChI=1S/C32H26N2O4/c1-20-12-17-27-28(18-20)32(37)34(31(27)36)24-9-4-8-22(19-24)30(35)33-23-13-15-25(16-14-23)38-29-11-5-7-21-6-2-3-10-26(21)29/h2-16,19,27-28H,17-18H2,1H3,(H,33,35)/t27-,28-/m1/s1. The van der Waals surface area contributed by atoms with Crippen LogP contribution in [0.2, 0.25) is 0 Å². The Kier molecular flexibility index (Phi) is 6.00. The Hall–Kier alpha value is -4.71. The quantitative estimate of drug-likeness (QED) is 0.243. The van der Waals surface area contributed by atoms with Gasteiger partial charge in [0, 0.05) is 16.6 Å². The Morgan fingerprint density at radius 2 is 1.61 bits per heavy atom. The van der Waals surface area contributed by atoms with Crippen LogP contribution in [0, 0.1) is 11.8 Å². The number of imide groups is 1. The summed E-state index contributed by atoms with van der Waals surface area (Å²) in [6, 6.07) is 27.7. The molecule has 4 aromatic rings. The van der Waals surface area contributed by atoms with E-state index in [9.17, 15) is 14.4 Å². The van der Waals surface area contributed by atoms with E-state index in [-0.39, 0.29) is 29.6 Å². The van der Waals surface area contributed by atoms with E-state index in [0.717, 1.165) is 22.1 Å². The van der Waals surface area contributed by atoms with Crippen LogP contribution in [0.3, 0.4) is 0 Å². The molecule has 0 aromatic heterocycles. The number of hydrogen-bond donors (Lipinski definition) is 1. The highest BCUT2D eigenvalue weighted by molar-refractivity contribution is 6.22. The zero-order chi connectivity index (χ0) is 26.2. The topological polar surface area (TPSA) is 75.7 Å². The largest absolute Gasteiger partial charge is 0.457 e. The molecule has 1 aliphatic carbocycles. The van der Waals surface area contributed by atoms with Crippen molar-refractivity contribution in [2.24, 2.45) is 11.8 Å². The third kappa shape index (κ3) is 4.34. The smallest absolute Gasteiger partial charge is 0.255 e. The Morgan fingerprint density at radius 3 is 2.45 bits per heavy atom. The minimum Gasteiger partial charge on any atom is -0.457 e. The highest BCUT2D eigenvalue weighted by Gasteiger charge is 2.48. The number of nitrogens with one attached hydrogen (secondary N) is 1. The number of amides is 3. The van der Waals surface area contributed by atoms with Crippen molar-refractivity contribution in [3.8, 4) is 11.5 Å². The van der Waals surface area contributed by atoms with Gasteiger partial charge in [-0.15, -0.1) is 0 Å². The molecule has 1 N–H and O–H groups in total. The average molecular weight is 503 g/mol. The molecule has 1 fully saturated rings. The summed E-state index contributed by atoms with van der Waals surface area (Å²) in [5.41, 5.74) is 2.53. The van der Waals surface area contributed by atoms with Gasteiger partial charge in [0.05, 0.1) is 17.5 Å². The van der Waals surface area contributed by atoms with Gasteiger partial charge < -0.3 is 10.1 Å². The molecule has 4 aromatic carbocycles. The molecule has 0 spiro atoms. The SMILES string of the molecule is CC1=CC[C@H]2C(=O)N(c3cccc(C(=O)Nc4ccc(Oc5cccc6ccccc56)cc4)c3)C(=O)[C@@H]2C1. The molecule has 1 heterocycles. The van der Waals surface area contributed by atoms with E-state index in [2.05, 4.69) is 5.32 Å². The van der Waals surface area contributed by atoms with Gasteiger partial charge in [-0.1, -0.05) is 54.1 Å². The van der Waals surface area contributed by atoms with Crippen LogP contribution in [0.4, 0.5) is 11.4 Å². The first-order valence-electron chi connectivity index (χ1n) is 12.7. The van der Waals surface area contributed by atoms with E-state index in [1.807, 2.05) is 55.5 Å². The number of allylic oxidation sites excluding steroid dienone is 2. The van der Waals surface area contributed by atoms with E-state index in [0.29, 0.717) is 35.5 Å². The normalized spacial score (nSPS) is 18.8. The first kappa shape index (κ1) is 23.7. The van der Waals surface area contributed by atoms with Crippen LogP contribution < -0.4 is 15.0 Å². The Labute approximate surface area is 220 Å². The summed E-state index contributed by atoms with van der Waals surface area (Å²) in [4.78, 5) is 40.4. The summed E-state index contributed by atoms with van der Waals surface area (Å²) in [6.07, 6.45) is 3.22. The third-order valence-electron chi connectivity index (χ3n) is 7.28. The summed E-state index contributed by atoms with van der Waals surface area (Å²) in [6.45, 7) is 1.99. The number of carbonyl (C=O) groups excluding carboxylic acids is 3. The lowest BCUT2D eigenvalue weighted by Crippen LogP contribution is -2.31. The molecule has 3 amide bonds. The highest BCUT2D eigenvalue weighted by Crippen LogP contribution is 2.40. The Morgan fingerprint density at radius 1 is 0.868 bits per heavy atom. The summed E-state index contributed by atoms with van der Waals surface area (Å²) in [5, 5.41) is 5.00. The van der Waals surface area contributed by atoms with Crippen molar-refractivity contribution in [2.45, 2.75) is 19.8 Å². The molecule has 6 rings (SSSR count). The van der Waals surface area contributed by atoms with E-state index in [1.165, 1.54) is 4.90 Å². The number of fused-ring (bicyclic) bond motifs is 2. The maximum Gasteiger partial charge on any atom is 0.255 e. The maximum atomic E-state index is 13.1. The summed E-state index contributed by atoms with van der Waals surface area (Å²) < 4.78 is 6.09. The number of ether oxygens (including phenoxy) is 1. The fourth-order valence-electron chi connectivity index (χ4n) is 5.30. The van der Waals surface area contributed by atoms with Gasteiger partial charge in [-0.25, -0.2) is 0 Å². The molecule has 188 valence electrons. The van der Waals surface area contributed by atoms with Crippen LogP contribution in [0.1, 0.15) is 30.1 Å². The fourth-order valence-corrected chi connectivity index (χ4v) is 5.30. The van der Waals surface area contributed by atoms with Crippen molar-refractivity contribution >= 4 is 39.9 Å². The Balaban J connectivity index is 1.16. The number of rotatable bonds is 5. The van der Waals surface area contributed by atoms with E-state index in [4.69, 9.17) is 4.74 Å². The van der Waals surface area contributed by atoms with Crippen LogP contribution in [-0.4, -0.2) is 17.7 Å². The highest BCUT2D eigenvalue weighted by atomic mass is 16.5. The molecule has 2 atom stereocenters. The molecule has 0 radical (unpaired) electrons. The molecule has 0 saturated carbocycles. The number of hydrogen-bond acceptors (Lipinski definition) is 4. The molecule has 6 nitrogen and oxygen atoms in total. The first-order valence-corrected chi connectivity index (χ1v) is 12.7. The Bertz CT molecular complexity index is 1600. The summed E-state index contributed by atoms with van der Waals surface area (Å²) >= 11 is 0. The van der Waals surface area contributed by atoms with Crippen LogP contribution >= 0.6 is 0 Å². The van der Waals surface area contributed by atoms with E-state index >= 15 is 0 Å². The molecule has 2 aliphatic rings. The van der Waals surface area contributed by atoms with Gasteiger partial charge in [0.1, 0.15) is 11.5 Å². The van der Waals surface area contributed by atoms with E-state index in [1.54, 1.807) is 48.5 Å². The predicted molar refractivity (Wildman–Crippen MR) is 147 cm³/mol. The van der Waals surface area contributed by atoms with Crippen LogP contribution in [-0.2, 0) is 9.59 Å². The minimum atomic E-state index is -0.330. The average Bonchev–Trinajstić information content (AvgIpc) is 3.18. The van der Waals surface area contributed by atoms with Gasteiger partial charge in [0.25, 0.3) is 5.91 Å². The summed E-state index contributed by atoms with van der Waals surface area (Å²) in [5.74, 6) is 0.0588. The van der Waals surface area contributed by atoms with Crippen LogP contribution in [0.15, 0.2) is 103 Å². The van der Waals surface area contributed by atoms with Gasteiger partial charge in [0.15, 0.2) is 0 Å². The van der Waals surface area contributed by atoms with E-state index < -0.39 is 0 Å². The number of anilines is 2.